The molecular formula is C22H24FN5O2S. The molecule has 1 aromatic heterocycles. The summed E-state index contributed by atoms with van der Waals surface area (Å²) in [5, 5.41) is 14.6. The predicted molar refractivity (Wildman–Crippen MR) is 118 cm³/mol. The number of carbonyl (C=O) groups excluding carboxylic acids is 2. The number of rotatable bonds is 8. The van der Waals surface area contributed by atoms with Crippen molar-refractivity contribution in [3.05, 3.63) is 71.8 Å². The smallest absolute Gasteiger partial charge is 0.251 e. The van der Waals surface area contributed by atoms with Crippen molar-refractivity contribution < 1.29 is 14.0 Å². The lowest BCUT2D eigenvalue weighted by atomic mass is 10.0. The van der Waals surface area contributed by atoms with Crippen molar-refractivity contribution in [1.29, 1.82) is 0 Å². The summed E-state index contributed by atoms with van der Waals surface area (Å²) in [5.41, 5.74) is 0.965. The standard InChI is InChI=1S/C22H24FN5O2S/c1-14(2)19(25-21(30)15-8-5-4-6-9-15)20-26-27-22(28(20)3)31-13-18(29)24-17-11-7-10-16(23)12-17/h4-12,14,19H,13H2,1-3H3,(H,24,29)(H,25,30). The minimum Gasteiger partial charge on any atom is -0.342 e. The van der Waals surface area contributed by atoms with Crippen LogP contribution in [0.15, 0.2) is 59.8 Å². The third-order valence-electron chi connectivity index (χ3n) is 4.58. The number of hydrogen-bond donors (Lipinski definition) is 2. The van der Waals surface area contributed by atoms with Crippen molar-refractivity contribution in [3.8, 4) is 0 Å². The van der Waals surface area contributed by atoms with E-state index in [4.69, 9.17) is 0 Å². The van der Waals surface area contributed by atoms with Crippen LogP contribution in [0.5, 0.6) is 0 Å². The first-order valence-electron chi connectivity index (χ1n) is 9.78. The molecule has 0 aliphatic heterocycles. The Morgan fingerprint density at radius 2 is 1.84 bits per heavy atom. The van der Waals surface area contributed by atoms with E-state index in [1.54, 1.807) is 29.8 Å². The molecular weight excluding hydrogens is 417 g/mol. The molecule has 0 saturated carbocycles. The van der Waals surface area contributed by atoms with E-state index in [1.807, 2.05) is 32.0 Å². The van der Waals surface area contributed by atoms with E-state index >= 15 is 0 Å². The number of anilines is 1. The van der Waals surface area contributed by atoms with Gasteiger partial charge in [-0.3, -0.25) is 9.59 Å². The number of thioether (sulfide) groups is 1. The van der Waals surface area contributed by atoms with Gasteiger partial charge in [0.05, 0.1) is 11.8 Å². The van der Waals surface area contributed by atoms with Crippen LogP contribution in [0.4, 0.5) is 10.1 Å². The van der Waals surface area contributed by atoms with Crippen LogP contribution in [-0.2, 0) is 11.8 Å². The fourth-order valence-corrected chi connectivity index (χ4v) is 3.68. The number of nitrogens with one attached hydrogen (secondary N) is 2. The fraction of sp³-hybridized carbons (Fsp3) is 0.273. The maximum atomic E-state index is 13.3. The molecule has 2 amide bonds. The van der Waals surface area contributed by atoms with Crippen LogP contribution in [-0.4, -0.2) is 32.3 Å². The number of aromatic nitrogens is 3. The average Bonchev–Trinajstić information content (AvgIpc) is 3.10. The minimum atomic E-state index is -0.416. The van der Waals surface area contributed by atoms with Gasteiger partial charge in [0.25, 0.3) is 5.91 Å². The van der Waals surface area contributed by atoms with E-state index in [-0.39, 0.29) is 29.5 Å². The van der Waals surface area contributed by atoms with E-state index in [0.717, 1.165) is 0 Å². The lowest BCUT2D eigenvalue weighted by Gasteiger charge is -2.21. The Morgan fingerprint density at radius 3 is 2.52 bits per heavy atom. The third kappa shape index (κ3) is 5.91. The van der Waals surface area contributed by atoms with Crippen LogP contribution in [0, 0.1) is 11.7 Å². The van der Waals surface area contributed by atoms with Gasteiger partial charge in [-0.1, -0.05) is 49.9 Å². The number of hydrogen-bond acceptors (Lipinski definition) is 5. The van der Waals surface area contributed by atoms with Gasteiger partial charge >= 0.3 is 0 Å². The molecule has 1 atom stereocenters. The molecule has 3 aromatic rings. The quantitative estimate of drug-likeness (QED) is 0.519. The maximum Gasteiger partial charge on any atom is 0.251 e. The van der Waals surface area contributed by atoms with Gasteiger partial charge in [0.15, 0.2) is 11.0 Å². The second-order valence-electron chi connectivity index (χ2n) is 7.31. The van der Waals surface area contributed by atoms with Crippen LogP contribution >= 0.6 is 11.8 Å². The Balaban J connectivity index is 1.65. The van der Waals surface area contributed by atoms with Crippen molar-refractivity contribution in [2.24, 2.45) is 13.0 Å². The Morgan fingerprint density at radius 1 is 1.10 bits per heavy atom. The average molecular weight is 442 g/mol. The third-order valence-corrected chi connectivity index (χ3v) is 5.60. The minimum absolute atomic E-state index is 0.0738. The normalized spacial score (nSPS) is 11.9. The first kappa shape index (κ1) is 22.5. The first-order valence-corrected chi connectivity index (χ1v) is 10.8. The van der Waals surface area contributed by atoms with Crippen molar-refractivity contribution in [1.82, 2.24) is 20.1 Å². The summed E-state index contributed by atoms with van der Waals surface area (Å²) in [7, 11) is 1.80. The number of carbonyl (C=O) groups is 2. The van der Waals surface area contributed by atoms with E-state index in [1.165, 1.54) is 30.0 Å². The summed E-state index contributed by atoms with van der Waals surface area (Å²) < 4.78 is 15.0. The lowest BCUT2D eigenvalue weighted by molar-refractivity contribution is -0.113. The molecule has 1 heterocycles. The molecule has 2 N–H and O–H groups in total. The van der Waals surface area contributed by atoms with E-state index in [0.29, 0.717) is 22.2 Å². The summed E-state index contributed by atoms with van der Waals surface area (Å²) in [6.07, 6.45) is 0. The summed E-state index contributed by atoms with van der Waals surface area (Å²) in [6, 6.07) is 14.4. The largest absolute Gasteiger partial charge is 0.342 e. The zero-order valence-corrected chi connectivity index (χ0v) is 18.3. The van der Waals surface area contributed by atoms with Crippen LogP contribution in [0.2, 0.25) is 0 Å². The van der Waals surface area contributed by atoms with Crippen LogP contribution in [0.1, 0.15) is 36.1 Å². The summed E-state index contributed by atoms with van der Waals surface area (Å²) >= 11 is 1.21. The van der Waals surface area contributed by atoms with Crippen molar-refractivity contribution in [3.63, 3.8) is 0 Å². The molecule has 3 rings (SSSR count). The Labute approximate surface area is 184 Å². The van der Waals surface area contributed by atoms with E-state index < -0.39 is 5.82 Å². The summed E-state index contributed by atoms with van der Waals surface area (Å²) in [6.45, 7) is 3.98. The van der Waals surface area contributed by atoms with Gasteiger partial charge in [-0.05, 0) is 36.2 Å². The van der Waals surface area contributed by atoms with Gasteiger partial charge in [0.1, 0.15) is 5.82 Å². The molecule has 2 aromatic carbocycles. The number of halogens is 1. The van der Waals surface area contributed by atoms with E-state index in [9.17, 15) is 14.0 Å². The van der Waals surface area contributed by atoms with Crippen LogP contribution in [0.25, 0.3) is 0 Å². The highest BCUT2D eigenvalue weighted by molar-refractivity contribution is 7.99. The van der Waals surface area contributed by atoms with E-state index in [2.05, 4.69) is 20.8 Å². The van der Waals surface area contributed by atoms with Crippen molar-refractivity contribution >= 4 is 29.3 Å². The molecule has 1 unspecified atom stereocenters. The number of nitrogens with zero attached hydrogens (tertiary/aromatic N) is 3. The monoisotopic (exact) mass is 441 g/mol. The van der Waals surface area contributed by atoms with Gasteiger partial charge in [-0.15, -0.1) is 10.2 Å². The zero-order chi connectivity index (χ0) is 22.4. The second-order valence-corrected chi connectivity index (χ2v) is 8.25. The maximum absolute atomic E-state index is 13.3. The Bertz CT molecular complexity index is 1060. The molecule has 7 nitrogen and oxygen atoms in total. The summed E-state index contributed by atoms with van der Waals surface area (Å²) in [5.74, 6) is -0.118. The second kappa shape index (κ2) is 10.2. The van der Waals surface area contributed by atoms with Crippen molar-refractivity contribution in [2.75, 3.05) is 11.1 Å². The lowest BCUT2D eigenvalue weighted by Crippen LogP contribution is -2.33. The Hall–Kier alpha value is -3.20. The van der Waals surface area contributed by atoms with Gasteiger partial charge in [0, 0.05) is 18.3 Å². The molecule has 0 radical (unpaired) electrons. The highest BCUT2D eigenvalue weighted by Gasteiger charge is 2.25. The molecule has 0 bridgehead atoms. The van der Waals surface area contributed by atoms with Crippen LogP contribution < -0.4 is 10.6 Å². The number of benzene rings is 2. The number of amides is 2. The molecule has 31 heavy (non-hydrogen) atoms. The molecule has 0 aliphatic carbocycles. The van der Waals surface area contributed by atoms with Gasteiger partial charge in [-0.25, -0.2) is 4.39 Å². The highest BCUT2D eigenvalue weighted by atomic mass is 32.2. The SMILES string of the molecule is CC(C)C(NC(=O)c1ccccc1)c1nnc(SCC(=O)Nc2cccc(F)c2)n1C. The molecule has 0 saturated heterocycles. The van der Waals surface area contributed by atoms with Gasteiger partial charge in [-0.2, -0.15) is 0 Å². The van der Waals surface area contributed by atoms with Gasteiger partial charge < -0.3 is 15.2 Å². The molecule has 162 valence electrons. The zero-order valence-electron chi connectivity index (χ0n) is 17.5. The van der Waals surface area contributed by atoms with Crippen LogP contribution in [0.3, 0.4) is 0 Å². The van der Waals surface area contributed by atoms with Gasteiger partial charge in [0.2, 0.25) is 5.91 Å². The summed E-state index contributed by atoms with van der Waals surface area (Å²) in [4.78, 5) is 24.8. The predicted octanol–water partition coefficient (Wildman–Crippen LogP) is 3.81. The molecule has 0 aliphatic rings. The highest BCUT2D eigenvalue weighted by Crippen LogP contribution is 2.24. The topological polar surface area (TPSA) is 88.9 Å². The Kier molecular flexibility index (Phi) is 7.41. The molecule has 0 fully saturated rings. The molecule has 9 heteroatoms. The van der Waals surface area contributed by atoms with Crippen molar-refractivity contribution in [2.45, 2.75) is 25.0 Å². The fourth-order valence-electron chi connectivity index (χ4n) is 2.96. The first-order chi connectivity index (χ1) is 14.8. The molecule has 0 spiro atoms.